The maximum Gasteiger partial charge on any atom is 0.236 e. The number of benzene rings is 1. The van der Waals surface area contributed by atoms with E-state index in [9.17, 15) is 9.59 Å². The largest absolute Gasteiger partial charge is 0.343 e. The van der Waals surface area contributed by atoms with Crippen LogP contribution in [0.15, 0.2) is 18.2 Å². The second-order valence-electron chi connectivity index (χ2n) is 5.64. The first-order chi connectivity index (χ1) is 9.40. The normalized spacial score (nSPS) is 18.2. The third kappa shape index (κ3) is 2.90. The van der Waals surface area contributed by atoms with Crippen LogP contribution >= 0.6 is 0 Å². The van der Waals surface area contributed by atoms with Crippen molar-refractivity contribution >= 4 is 11.7 Å². The molecule has 0 spiro atoms. The van der Waals surface area contributed by atoms with E-state index < -0.39 is 0 Å². The van der Waals surface area contributed by atoms with Gasteiger partial charge in [0.25, 0.3) is 0 Å². The summed E-state index contributed by atoms with van der Waals surface area (Å²) in [6, 6.07) is 5.67. The van der Waals surface area contributed by atoms with Gasteiger partial charge in [-0.2, -0.15) is 0 Å². The Morgan fingerprint density at radius 3 is 2.60 bits per heavy atom. The predicted octanol–water partition coefficient (Wildman–Crippen LogP) is 1.65. The van der Waals surface area contributed by atoms with Crippen LogP contribution in [-0.4, -0.2) is 54.2 Å². The molecular formula is C16H22N2O2. The molecule has 108 valence electrons. The highest BCUT2D eigenvalue weighted by atomic mass is 16.2. The van der Waals surface area contributed by atoms with Crippen molar-refractivity contribution in [3.05, 3.63) is 34.9 Å². The molecule has 0 saturated carbocycles. The molecule has 1 amide bonds. The van der Waals surface area contributed by atoms with Crippen LogP contribution < -0.4 is 0 Å². The van der Waals surface area contributed by atoms with Crippen LogP contribution in [0.25, 0.3) is 0 Å². The Balaban J connectivity index is 2.16. The van der Waals surface area contributed by atoms with E-state index in [-0.39, 0.29) is 17.7 Å². The molecule has 0 N–H and O–H groups in total. The average Bonchev–Trinajstić information content (AvgIpc) is 2.43. The van der Waals surface area contributed by atoms with E-state index in [2.05, 4.69) is 0 Å². The Morgan fingerprint density at radius 2 is 1.95 bits per heavy atom. The zero-order chi connectivity index (χ0) is 14.9. The van der Waals surface area contributed by atoms with Gasteiger partial charge < -0.3 is 4.90 Å². The lowest BCUT2D eigenvalue weighted by Crippen LogP contribution is -2.53. The summed E-state index contributed by atoms with van der Waals surface area (Å²) in [6.45, 7) is 7.59. The van der Waals surface area contributed by atoms with Crippen molar-refractivity contribution in [3.8, 4) is 0 Å². The molecule has 1 aromatic rings. The highest BCUT2D eigenvalue weighted by Gasteiger charge is 2.29. The van der Waals surface area contributed by atoms with Gasteiger partial charge in [-0.05, 0) is 32.4 Å². The molecule has 1 fully saturated rings. The van der Waals surface area contributed by atoms with E-state index in [4.69, 9.17) is 0 Å². The zero-order valence-electron chi connectivity index (χ0n) is 12.6. The number of amides is 1. The van der Waals surface area contributed by atoms with Crippen LogP contribution in [0.1, 0.15) is 28.4 Å². The lowest BCUT2D eigenvalue weighted by molar-refractivity contribution is -0.134. The molecule has 1 heterocycles. The van der Waals surface area contributed by atoms with Gasteiger partial charge in [0.05, 0.1) is 12.6 Å². The standard InChI is InChI=1S/C16H22N2O2/c1-11-5-6-12(2)14(9-11)16(20)13(3)18-8-7-17(4)15(19)10-18/h5-6,9,13H,7-8,10H2,1-4H3. The fourth-order valence-corrected chi connectivity index (χ4v) is 2.50. The number of hydrogen-bond donors (Lipinski definition) is 0. The summed E-state index contributed by atoms with van der Waals surface area (Å²) in [5, 5.41) is 0. The number of likely N-dealkylation sites (N-methyl/N-ethyl adjacent to an activating group) is 1. The van der Waals surface area contributed by atoms with Gasteiger partial charge in [0, 0.05) is 25.7 Å². The van der Waals surface area contributed by atoms with E-state index in [0.29, 0.717) is 13.1 Å². The number of rotatable bonds is 3. The van der Waals surface area contributed by atoms with Crippen molar-refractivity contribution in [1.82, 2.24) is 9.80 Å². The monoisotopic (exact) mass is 274 g/mol. The molecule has 1 saturated heterocycles. The second-order valence-corrected chi connectivity index (χ2v) is 5.64. The smallest absolute Gasteiger partial charge is 0.236 e. The highest BCUT2D eigenvalue weighted by molar-refractivity contribution is 6.01. The lowest BCUT2D eigenvalue weighted by Gasteiger charge is -2.35. The first-order valence-electron chi connectivity index (χ1n) is 6.99. The number of hydrogen-bond acceptors (Lipinski definition) is 3. The number of piperazine rings is 1. The van der Waals surface area contributed by atoms with E-state index in [1.807, 2.05) is 43.9 Å². The molecule has 1 aliphatic rings. The molecular weight excluding hydrogens is 252 g/mol. The minimum atomic E-state index is -0.256. The van der Waals surface area contributed by atoms with Gasteiger partial charge in [-0.15, -0.1) is 0 Å². The molecule has 0 radical (unpaired) electrons. The number of carbonyl (C=O) groups is 2. The summed E-state index contributed by atoms with van der Waals surface area (Å²) in [5.74, 6) is 0.181. The SMILES string of the molecule is Cc1ccc(C)c(C(=O)C(C)N2CCN(C)C(=O)C2)c1. The topological polar surface area (TPSA) is 40.6 Å². The summed E-state index contributed by atoms with van der Waals surface area (Å²) in [4.78, 5) is 28.1. The molecule has 20 heavy (non-hydrogen) atoms. The average molecular weight is 274 g/mol. The Labute approximate surface area is 120 Å². The van der Waals surface area contributed by atoms with Gasteiger partial charge in [-0.25, -0.2) is 0 Å². The van der Waals surface area contributed by atoms with Crippen molar-refractivity contribution < 1.29 is 9.59 Å². The number of nitrogens with zero attached hydrogens (tertiary/aromatic N) is 2. The van der Waals surface area contributed by atoms with Crippen LogP contribution in [0.5, 0.6) is 0 Å². The van der Waals surface area contributed by atoms with Crippen LogP contribution in [0.2, 0.25) is 0 Å². The summed E-state index contributed by atoms with van der Waals surface area (Å²) in [6.07, 6.45) is 0. The third-order valence-corrected chi connectivity index (χ3v) is 4.07. The summed E-state index contributed by atoms with van der Waals surface area (Å²) in [5.41, 5.74) is 2.84. The maximum absolute atomic E-state index is 12.6. The third-order valence-electron chi connectivity index (χ3n) is 4.07. The van der Waals surface area contributed by atoms with Gasteiger partial charge in [0.1, 0.15) is 0 Å². The van der Waals surface area contributed by atoms with Crippen LogP contribution in [-0.2, 0) is 4.79 Å². The molecule has 4 nitrogen and oxygen atoms in total. The van der Waals surface area contributed by atoms with Gasteiger partial charge >= 0.3 is 0 Å². The highest BCUT2D eigenvalue weighted by Crippen LogP contribution is 2.16. The molecule has 1 atom stereocenters. The fraction of sp³-hybridized carbons (Fsp3) is 0.500. The van der Waals surface area contributed by atoms with Crippen LogP contribution in [0, 0.1) is 13.8 Å². The molecule has 2 rings (SSSR count). The maximum atomic E-state index is 12.6. The number of ketones is 1. The van der Waals surface area contributed by atoms with Gasteiger partial charge in [-0.1, -0.05) is 17.7 Å². The fourth-order valence-electron chi connectivity index (χ4n) is 2.50. The first kappa shape index (κ1) is 14.7. The van der Waals surface area contributed by atoms with Crippen LogP contribution in [0.3, 0.4) is 0 Å². The van der Waals surface area contributed by atoms with Crippen molar-refractivity contribution in [2.24, 2.45) is 0 Å². The number of aryl methyl sites for hydroxylation is 2. The molecule has 1 aliphatic heterocycles. The van der Waals surface area contributed by atoms with Gasteiger partial charge in [0.15, 0.2) is 5.78 Å². The molecule has 4 heteroatoms. The molecule has 0 bridgehead atoms. The Kier molecular flexibility index (Phi) is 4.23. The van der Waals surface area contributed by atoms with E-state index in [0.717, 1.165) is 23.2 Å². The van der Waals surface area contributed by atoms with Crippen molar-refractivity contribution in [2.45, 2.75) is 26.8 Å². The molecule has 0 aliphatic carbocycles. The van der Waals surface area contributed by atoms with E-state index in [1.165, 1.54) is 0 Å². The first-order valence-corrected chi connectivity index (χ1v) is 6.99. The number of Topliss-reactive ketones (excluding diaryl/α,β-unsaturated/α-hetero) is 1. The predicted molar refractivity (Wildman–Crippen MR) is 78.9 cm³/mol. The summed E-state index contributed by atoms with van der Waals surface area (Å²) < 4.78 is 0. The number of carbonyl (C=O) groups excluding carboxylic acids is 2. The van der Waals surface area contributed by atoms with Gasteiger partial charge in [-0.3, -0.25) is 14.5 Å². The van der Waals surface area contributed by atoms with Crippen LogP contribution in [0.4, 0.5) is 0 Å². The molecule has 1 unspecified atom stereocenters. The summed E-state index contributed by atoms with van der Waals surface area (Å²) in [7, 11) is 1.80. The second kappa shape index (κ2) is 5.75. The summed E-state index contributed by atoms with van der Waals surface area (Å²) >= 11 is 0. The Bertz CT molecular complexity index is 539. The molecule has 0 aromatic heterocycles. The minimum absolute atomic E-state index is 0.0804. The zero-order valence-corrected chi connectivity index (χ0v) is 12.6. The Morgan fingerprint density at radius 1 is 1.25 bits per heavy atom. The van der Waals surface area contributed by atoms with Crippen molar-refractivity contribution in [1.29, 1.82) is 0 Å². The van der Waals surface area contributed by atoms with Crippen molar-refractivity contribution in [3.63, 3.8) is 0 Å². The minimum Gasteiger partial charge on any atom is -0.343 e. The Hall–Kier alpha value is -1.68. The quantitative estimate of drug-likeness (QED) is 0.787. The van der Waals surface area contributed by atoms with Gasteiger partial charge in [0.2, 0.25) is 5.91 Å². The lowest BCUT2D eigenvalue weighted by atomic mass is 9.97. The van der Waals surface area contributed by atoms with E-state index >= 15 is 0 Å². The molecule has 1 aromatic carbocycles. The van der Waals surface area contributed by atoms with E-state index in [1.54, 1.807) is 11.9 Å². The van der Waals surface area contributed by atoms with Crippen molar-refractivity contribution in [2.75, 3.05) is 26.7 Å².